The number of carbonyl (C=O) groups is 2. The maximum atomic E-state index is 13.0. The molecule has 6 rings (SSSR count). The van der Waals surface area contributed by atoms with Crippen molar-refractivity contribution in [3.8, 4) is 33.6 Å². The second-order valence-corrected chi connectivity index (χ2v) is 12.4. The highest BCUT2D eigenvalue weighted by molar-refractivity contribution is 7.19. The summed E-state index contributed by atoms with van der Waals surface area (Å²) in [7, 11) is 1.59. The van der Waals surface area contributed by atoms with Gasteiger partial charge < -0.3 is 14.8 Å². The molecule has 0 unspecified atom stereocenters. The molecule has 13 heteroatoms. The first kappa shape index (κ1) is 29.8. The van der Waals surface area contributed by atoms with Crippen molar-refractivity contribution >= 4 is 39.9 Å². The Morgan fingerprint density at radius 1 is 0.978 bits per heavy atom. The topological polar surface area (TPSA) is 136 Å². The lowest BCUT2D eigenvalue weighted by molar-refractivity contribution is -0.117. The summed E-state index contributed by atoms with van der Waals surface area (Å²) in [5, 5.41) is 11.1. The minimum atomic E-state index is -0.486. The van der Waals surface area contributed by atoms with Gasteiger partial charge in [0.1, 0.15) is 23.0 Å². The van der Waals surface area contributed by atoms with Crippen LogP contribution in [0.1, 0.15) is 39.3 Å². The van der Waals surface area contributed by atoms with Crippen molar-refractivity contribution in [1.29, 1.82) is 0 Å². The zero-order valence-electron chi connectivity index (χ0n) is 25.3. The van der Waals surface area contributed by atoms with Crippen molar-refractivity contribution in [2.24, 2.45) is 0 Å². The summed E-state index contributed by atoms with van der Waals surface area (Å²) in [5.41, 5.74) is 2.60. The monoisotopic (exact) mass is 624 g/mol. The molecule has 0 bridgehead atoms. The van der Waals surface area contributed by atoms with Crippen LogP contribution >= 0.6 is 11.3 Å². The number of hydrogen-bond donors (Lipinski definition) is 2. The van der Waals surface area contributed by atoms with E-state index in [1.54, 1.807) is 22.9 Å². The summed E-state index contributed by atoms with van der Waals surface area (Å²) < 4.78 is 13.0. The van der Waals surface area contributed by atoms with Crippen molar-refractivity contribution in [3.63, 3.8) is 0 Å². The van der Waals surface area contributed by atoms with Gasteiger partial charge in [-0.1, -0.05) is 44.2 Å². The van der Waals surface area contributed by atoms with E-state index in [4.69, 9.17) is 14.6 Å². The molecule has 1 aliphatic rings. The highest BCUT2D eigenvalue weighted by Crippen LogP contribution is 2.34. The van der Waals surface area contributed by atoms with E-state index in [0.717, 1.165) is 27.7 Å². The van der Waals surface area contributed by atoms with Crippen LogP contribution in [0, 0.1) is 0 Å². The van der Waals surface area contributed by atoms with Crippen LogP contribution in [0.4, 0.5) is 21.4 Å². The first-order valence-electron chi connectivity index (χ1n) is 14.4. The van der Waals surface area contributed by atoms with Crippen molar-refractivity contribution in [2.45, 2.75) is 39.0 Å². The van der Waals surface area contributed by atoms with Crippen LogP contribution in [-0.2, 0) is 10.2 Å². The molecule has 12 nitrogen and oxygen atoms in total. The number of aromatic nitrogens is 5. The van der Waals surface area contributed by atoms with Gasteiger partial charge >= 0.3 is 12.0 Å². The fourth-order valence-corrected chi connectivity index (χ4v) is 5.67. The van der Waals surface area contributed by atoms with Gasteiger partial charge in [-0.25, -0.2) is 24.4 Å². The number of urea groups is 1. The molecule has 3 aromatic heterocycles. The third-order valence-corrected chi connectivity index (χ3v) is 8.13. The number of nitrogens with zero attached hydrogens (tertiary/aromatic N) is 6. The number of hydrogen-bond acceptors (Lipinski definition) is 9. The van der Waals surface area contributed by atoms with Crippen molar-refractivity contribution in [3.05, 3.63) is 78.9 Å². The third-order valence-electron chi connectivity index (χ3n) is 7.06. The summed E-state index contributed by atoms with van der Waals surface area (Å²) in [4.78, 5) is 40.6. The standard InChI is InChI=1S/C32H32N8O4S/c1-32(2,3)26-16-27(40(38-26)23-8-5-6-9-24(23)43-4)37-29(42)36-21-17-33-30(34-18-21)44-22-13-11-20(12-14-22)25-19-35-31(45-25)39-15-7-10-28(39)41/h5-6,8-9,11-14,16-19H,7,10,15H2,1-4H3,(H2,36,37,42). The average Bonchev–Trinajstić information content (AvgIpc) is 3.78. The number of nitrogens with one attached hydrogen (secondary N) is 2. The van der Waals surface area contributed by atoms with Gasteiger partial charge in [0, 0.05) is 30.6 Å². The first-order chi connectivity index (χ1) is 21.7. The third kappa shape index (κ3) is 6.63. The molecule has 2 aromatic carbocycles. The Labute approximate surface area is 264 Å². The lowest BCUT2D eigenvalue weighted by Crippen LogP contribution is -2.23. The Kier molecular flexibility index (Phi) is 8.18. The summed E-state index contributed by atoms with van der Waals surface area (Å²) in [6, 6.07) is 16.4. The largest absolute Gasteiger partial charge is 0.494 e. The molecule has 1 fully saturated rings. The van der Waals surface area contributed by atoms with Crippen molar-refractivity contribution in [1.82, 2.24) is 24.7 Å². The molecule has 0 radical (unpaired) electrons. The second kappa shape index (κ2) is 12.4. The van der Waals surface area contributed by atoms with Gasteiger partial charge in [0.05, 0.1) is 35.8 Å². The SMILES string of the molecule is COc1ccccc1-n1nc(C(C)(C)C)cc1NC(=O)Nc1cnc(Oc2ccc(-c3cnc(N4CCCC4=O)s3)cc2)nc1. The van der Waals surface area contributed by atoms with Gasteiger partial charge in [0.15, 0.2) is 5.13 Å². The molecular formula is C32H32N8O4S. The fourth-order valence-electron chi connectivity index (χ4n) is 4.70. The molecule has 230 valence electrons. The molecule has 0 aliphatic carbocycles. The van der Waals surface area contributed by atoms with Crippen LogP contribution in [0.2, 0.25) is 0 Å². The molecule has 0 spiro atoms. The summed E-state index contributed by atoms with van der Waals surface area (Å²) >= 11 is 1.49. The Bertz CT molecular complexity index is 1830. The van der Waals surface area contributed by atoms with E-state index in [1.165, 1.54) is 23.7 Å². The number of para-hydroxylation sites is 2. The highest BCUT2D eigenvalue weighted by Gasteiger charge is 2.25. The number of amides is 3. The first-order valence-corrected chi connectivity index (χ1v) is 15.2. The van der Waals surface area contributed by atoms with E-state index in [0.29, 0.717) is 41.7 Å². The molecule has 4 heterocycles. The number of ether oxygens (including phenoxy) is 2. The maximum Gasteiger partial charge on any atom is 0.324 e. The summed E-state index contributed by atoms with van der Waals surface area (Å²) in [6.07, 6.45) is 6.15. The van der Waals surface area contributed by atoms with Crippen LogP contribution in [0.15, 0.2) is 73.2 Å². The Morgan fingerprint density at radius 3 is 2.42 bits per heavy atom. The number of rotatable bonds is 8. The molecule has 1 aliphatic heterocycles. The highest BCUT2D eigenvalue weighted by atomic mass is 32.1. The van der Waals surface area contributed by atoms with Crippen LogP contribution in [0.5, 0.6) is 17.5 Å². The molecule has 0 saturated carbocycles. The van der Waals surface area contributed by atoms with E-state index in [2.05, 4.69) is 46.4 Å². The smallest absolute Gasteiger partial charge is 0.324 e. The molecule has 3 amide bonds. The fraction of sp³-hybridized carbons (Fsp3) is 0.250. The lowest BCUT2D eigenvalue weighted by atomic mass is 9.92. The van der Waals surface area contributed by atoms with E-state index in [9.17, 15) is 9.59 Å². The minimum absolute atomic E-state index is 0.118. The molecule has 1 saturated heterocycles. The Hall–Kier alpha value is -5.30. The Balaban J connectivity index is 1.09. The van der Waals surface area contributed by atoms with Gasteiger partial charge in [-0.05, 0) is 48.4 Å². The zero-order chi connectivity index (χ0) is 31.6. The number of anilines is 3. The van der Waals surface area contributed by atoms with Crippen LogP contribution < -0.4 is 25.0 Å². The van der Waals surface area contributed by atoms with Gasteiger partial charge in [0.25, 0.3) is 0 Å². The summed E-state index contributed by atoms with van der Waals surface area (Å²) in [5.74, 6) is 1.77. The molecule has 5 aromatic rings. The minimum Gasteiger partial charge on any atom is -0.494 e. The van der Waals surface area contributed by atoms with Gasteiger partial charge in [-0.2, -0.15) is 5.10 Å². The zero-order valence-corrected chi connectivity index (χ0v) is 26.1. The number of thiazole rings is 1. The predicted octanol–water partition coefficient (Wildman–Crippen LogP) is 6.66. The number of benzene rings is 2. The van der Waals surface area contributed by atoms with E-state index < -0.39 is 6.03 Å². The van der Waals surface area contributed by atoms with Crippen LogP contribution in [0.3, 0.4) is 0 Å². The number of carbonyl (C=O) groups excluding carboxylic acids is 2. The summed E-state index contributed by atoms with van der Waals surface area (Å²) in [6.45, 7) is 6.87. The molecule has 2 N–H and O–H groups in total. The van der Waals surface area contributed by atoms with Gasteiger partial charge in [-0.15, -0.1) is 0 Å². The second-order valence-electron chi connectivity index (χ2n) is 11.4. The normalized spacial score (nSPS) is 13.2. The van der Waals surface area contributed by atoms with Crippen molar-refractivity contribution in [2.75, 3.05) is 29.2 Å². The van der Waals surface area contributed by atoms with Crippen LogP contribution in [0.25, 0.3) is 16.1 Å². The van der Waals surface area contributed by atoms with Crippen LogP contribution in [-0.4, -0.2) is 50.3 Å². The van der Waals surface area contributed by atoms with E-state index in [-0.39, 0.29) is 17.3 Å². The Morgan fingerprint density at radius 2 is 1.73 bits per heavy atom. The quantitative estimate of drug-likeness (QED) is 0.196. The van der Waals surface area contributed by atoms with Gasteiger partial charge in [-0.3, -0.25) is 15.0 Å². The average molecular weight is 625 g/mol. The molecule has 0 atom stereocenters. The lowest BCUT2D eigenvalue weighted by Gasteiger charge is -2.14. The maximum absolute atomic E-state index is 13.0. The molecule has 45 heavy (non-hydrogen) atoms. The van der Waals surface area contributed by atoms with Gasteiger partial charge in [0.2, 0.25) is 5.91 Å². The van der Waals surface area contributed by atoms with E-state index >= 15 is 0 Å². The predicted molar refractivity (Wildman–Crippen MR) is 173 cm³/mol. The van der Waals surface area contributed by atoms with E-state index in [1.807, 2.05) is 54.6 Å². The number of methoxy groups -OCH3 is 1. The molecular weight excluding hydrogens is 592 g/mol. The van der Waals surface area contributed by atoms with Crippen molar-refractivity contribution < 1.29 is 19.1 Å².